The number of aromatic amines is 1. The Hall–Kier alpha value is -1.43. The van der Waals surface area contributed by atoms with Crippen molar-refractivity contribution < 1.29 is 4.79 Å². The molecule has 0 bridgehead atoms. The first-order valence-corrected chi connectivity index (χ1v) is 6.85. The molecular formula is C13H23N5O. The largest absolute Gasteiger partial charge is 0.346 e. The number of nitrogens with one attached hydrogen (secondary N) is 2. The minimum Gasteiger partial charge on any atom is -0.346 e. The topological polar surface area (TPSA) is 96.7 Å². The maximum Gasteiger partial charge on any atom is 0.291 e. The molecule has 1 heterocycles. The van der Waals surface area contributed by atoms with Gasteiger partial charge in [-0.2, -0.15) is 0 Å². The third-order valence-electron chi connectivity index (χ3n) is 3.68. The van der Waals surface area contributed by atoms with Gasteiger partial charge in [0.25, 0.3) is 5.91 Å². The van der Waals surface area contributed by atoms with E-state index < -0.39 is 0 Å². The quantitative estimate of drug-likeness (QED) is 0.758. The Bertz CT molecular complexity index is 448. The van der Waals surface area contributed by atoms with E-state index in [9.17, 15) is 4.79 Å². The zero-order valence-corrected chi connectivity index (χ0v) is 11.9. The lowest BCUT2D eigenvalue weighted by Crippen LogP contribution is -2.40. The predicted octanol–water partition coefficient (Wildman–Crippen LogP) is 0.959. The smallest absolute Gasteiger partial charge is 0.291 e. The molecule has 19 heavy (non-hydrogen) atoms. The van der Waals surface area contributed by atoms with Crippen LogP contribution in [-0.4, -0.2) is 33.7 Å². The number of rotatable bonds is 3. The summed E-state index contributed by atoms with van der Waals surface area (Å²) in [6.07, 6.45) is 3.20. The van der Waals surface area contributed by atoms with E-state index in [0.29, 0.717) is 12.5 Å². The highest BCUT2D eigenvalue weighted by Crippen LogP contribution is 2.24. The number of aromatic nitrogens is 3. The van der Waals surface area contributed by atoms with Gasteiger partial charge < -0.3 is 11.1 Å². The molecule has 1 amide bonds. The van der Waals surface area contributed by atoms with Gasteiger partial charge in [0.05, 0.1) is 0 Å². The Kier molecular flexibility index (Phi) is 3.89. The molecule has 0 aromatic carbocycles. The van der Waals surface area contributed by atoms with E-state index in [4.69, 9.17) is 5.73 Å². The van der Waals surface area contributed by atoms with E-state index in [-0.39, 0.29) is 23.2 Å². The van der Waals surface area contributed by atoms with Crippen molar-refractivity contribution >= 4 is 5.91 Å². The first-order chi connectivity index (χ1) is 8.91. The molecule has 6 heteroatoms. The molecule has 0 radical (unpaired) electrons. The molecule has 1 aliphatic carbocycles. The fourth-order valence-corrected chi connectivity index (χ4v) is 2.44. The van der Waals surface area contributed by atoms with Crippen molar-refractivity contribution in [3.63, 3.8) is 0 Å². The van der Waals surface area contributed by atoms with Gasteiger partial charge in [-0.15, -0.1) is 5.10 Å². The van der Waals surface area contributed by atoms with Gasteiger partial charge >= 0.3 is 0 Å². The van der Waals surface area contributed by atoms with Crippen LogP contribution in [0.15, 0.2) is 0 Å². The number of carbonyl (C=O) groups excluding carboxylic acids is 1. The third-order valence-corrected chi connectivity index (χ3v) is 3.68. The van der Waals surface area contributed by atoms with Gasteiger partial charge in [0.2, 0.25) is 5.82 Å². The monoisotopic (exact) mass is 265 g/mol. The van der Waals surface area contributed by atoms with Gasteiger partial charge in [-0.3, -0.25) is 9.89 Å². The summed E-state index contributed by atoms with van der Waals surface area (Å²) in [5.74, 6) is 1.11. The number of hydrogen-bond donors (Lipinski definition) is 3. The SMILES string of the molecule is CC(C)(C)c1nc(C(=O)NC2CCCC2CN)n[nH]1. The van der Waals surface area contributed by atoms with Gasteiger partial charge in [-0.1, -0.05) is 27.2 Å². The van der Waals surface area contributed by atoms with Gasteiger partial charge in [-0.05, 0) is 25.3 Å². The van der Waals surface area contributed by atoms with Crippen molar-refractivity contribution in [2.24, 2.45) is 11.7 Å². The second-order valence-corrected chi connectivity index (χ2v) is 6.26. The van der Waals surface area contributed by atoms with Crippen LogP contribution in [0, 0.1) is 5.92 Å². The molecule has 1 saturated carbocycles. The highest BCUT2D eigenvalue weighted by atomic mass is 16.2. The van der Waals surface area contributed by atoms with Crippen LogP contribution in [0.4, 0.5) is 0 Å². The molecule has 4 N–H and O–H groups in total. The fourth-order valence-electron chi connectivity index (χ4n) is 2.44. The summed E-state index contributed by atoms with van der Waals surface area (Å²) in [6.45, 7) is 6.69. The number of hydrogen-bond acceptors (Lipinski definition) is 4. The van der Waals surface area contributed by atoms with Crippen molar-refractivity contribution in [2.75, 3.05) is 6.54 Å². The third kappa shape index (κ3) is 3.12. The Morgan fingerprint density at radius 1 is 1.47 bits per heavy atom. The van der Waals surface area contributed by atoms with Crippen LogP contribution in [0.3, 0.4) is 0 Å². The summed E-state index contributed by atoms with van der Waals surface area (Å²) in [5, 5.41) is 9.82. The van der Waals surface area contributed by atoms with Crippen molar-refractivity contribution in [1.82, 2.24) is 20.5 Å². The molecule has 0 saturated heterocycles. The number of carbonyl (C=O) groups is 1. The summed E-state index contributed by atoms with van der Waals surface area (Å²) >= 11 is 0. The average Bonchev–Trinajstić information content (AvgIpc) is 2.95. The van der Waals surface area contributed by atoms with Crippen LogP contribution in [-0.2, 0) is 5.41 Å². The Morgan fingerprint density at radius 3 is 2.79 bits per heavy atom. The summed E-state index contributed by atoms with van der Waals surface area (Å²) in [6, 6.07) is 0.161. The number of nitrogens with two attached hydrogens (primary N) is 1. The zero-order valence-electron chi connectivity index (χ0n) is 11.9. The summed E-state index contributed by atoms with van der Waals surface area (Å²) in [4.78, 5) is 16.4. The highest BCUT2D eigenvalue weighted by Gasteiger charge is 2.29. The first-order valence-electron chi connectivity index (χ1n) is 6.85. The molecular weight excluding hydrogens is 242 g/mol. The lowest BCUT2D eigenvalue weighted by molar-refractivity contribution is 0.0918. The van der Waals surface area contributed by atoms with E-state index in [0.717, 1.165) is 25.1 Å². The summed E-state index contributed by atoms with van der Waals surface area (Å²) in [5.41, 5.74) is 5.57. The van der Waals surface area contributed by atoms with E-state index >= 15 is 0 Å². The van der Waals surface area contributed by atoms with E-state index in [1.54, 1.807) is 0 Å². The minimum absolute atomic E-state index is 0.140. The average molecular weight is 265 g/mol. The first kappa shape index (κ1) is 14.0. The molecule has 1 aliphatic rings. The molecule has 2 unspecified atom stereocenters. The van der Waals surface area contributed by atoms with Crippen LogP contribution in [0.1, 0.15) is 56.5 Å². The van der Waals surface area contributed by atoms with Crippen LogP contribution >= 0.6 is 0 Å². The maximum absolute atomic E-state index is 12.1. The normalized spacial score (nSPS) is 23.6. The van der Waals surface area contributed by atoms with E-state index in [1.807, 2.05) is 20.8 Å². The van der Waals surface area contributed by atoms with Gasteiger partial charge in [0.15, 0.2) is 0 Å². The van der Waals surface area contributed by atoms with Gasteiger partial charge in [-0.25, -0.2) is 4.98 Å². The highest BCUT2D eigenvalue weighted by molar-refractivity contribution is 5.90. The molecule has 0 spiro atoms. The van der Waals surface area contributed by atoms with E-state index in [2.05, 4.69) is 20.5 Å². The lowest BCUT2D eigenvalue weighted by Gasteiger charge is -2.18. The molecule has 1 aromatic heterocycles. The Labute approximate surface area is 113 Å². The van der Waals surface area contributed by atoms with Gasteiger partial charge in [0.1, 0.15) is 5.82 Å². The minimum atomic E-state index is -0.211. The molecule has 2 rings (SSSR count). The van der Waals surface area contributed by atoms with Crippen LogP contribution in [0.2, 0.25) is 0 Å². The second-order valence-electron chi connectivity index (χ2n) is 6.26. The summed E-state index contributed by atoms with van der Waals surface area (Å²) < 4.78 is 0. The molecule has 2 atom stereocenters. The fraction of sp³-hybridized carbons (Fsp3) is 0.769. The molecule has 1 aromatic rings. The second kappa shape index (κ2) is 5.28. The molecule has 6 nitrogen and oxygen atoms in total. The molecule has 106 valence electrons. The summed E-state index contributed by atoms with van der Waals surface area (Å²) in [7, 11) is 0. The molecule has 0 aliphatic heterocycles. The lowest BCUT2D eigenvalue weighted by atomic mass is 9.96. The van der Waals surface area contributed by atoms with Crippen LogP contribution in [0.25, 0.3) is 0 Å². The van der Waals surface area contributed by atoms with Crippen molar-refractivity contribution in [2.45, 2.75) is 51.5 Å². The van der Waals surface area contributed by atoms with Crippen LogP contribution in [0.5, 0.6) is 0 Å². The molecule has 1 fully saturated rings. The van der Waals surface area contributed by atoms with Crippen LogP contribution < -0.4 is 11.1 Å². The van der Waals surface area contributed by atoms with Crippen molar-refractivity contribution in [1.29, 1.82) is 0 Å². The predicted molar refractivity (Wildman–Crippen MR) is 72.7 cm³/mol. The number of nitrogens with zero attached hydrogens (tertiary/aromatic N) is 2. The Balaban J connectivity index is 2.02. The number of amides is 1. The van der Waals surface area contributed by atoms with Crippen molar-refractivity contribution in [3.8, 4) is 0 Å². The van der Waals surface area contributed by atoms with Crippen molar-refractivity contribution in [3.05, 3.63) is 11.6 Å². The van der Waals surface area contributed by atoms with Gasteiger partial charge in [0, 0.05) is 11.5 Å². The maximum atomic E-state index is 12.1. The Morgan fingerprint density at radius 2 is 2.21 bits per heavy atom. The standard InChI is InChI=1S/C13H23N5O/c1-13(2,3)12-16-10(17-18-12)11(19)15-9-6-4-5-8(9)7-14/h8-9H,4-7,14H2,1-3H3,(H,15,19)(H,16,17,18). The zero-order chi connectivity index (χ0) is 14.0. The van der Waals surface area contributed by atoms with E-state index in [1.165, 1.54) is 0 Å². The number of H-pyrrole nitrogens is 1.